The number of benzene rings is 1. The van der Waals surface area contributed by atoms with Gasteiger partial charge in [-0.15, -0.1) is 0 Å². The summed E-state index contributed by atoms with van der Waals surface area (Å²) in [5.74, 6) is 0.383. The van der Waals surface area contributed by atoms with Crippen LogP contribution in [-0.4, -0.2) is 22.0 Å². The number of para-hydroxylation sites is 1. The Morgan fingerprint density at radius 1 is 1.04 bits per heavy atom. The van der Waals surface area contributed by atoms with Crippen LogP contribution in [0, 0.1) is 13.8 Å². The number of aryl methyl sites for hydroxylation is 2. The van der Waals surface area contributed by atoms with Crippen LogP contribution in [0.2, 0.25) is 0 Å². The minimum Gasteiger partial charge on any atom is -0.360 e. The first-order valence-electron chi connectivity index (χ1n) is 8.96. The number of nitrogens with one attached hydrogen (secondary N) is 2. The first-order chi connectivity index (χ1) is 13.3. The molecular formula is C21H22N4O3. The number of nitrogens with zero attached hydrogens (tertiary/aromatic N) is 2. The lowest BCUT2D eigenvalue weighted by atomic mass is 9.98. The van der Waals surface area contributed by atoms with Gasteiger partial charge in [0.25, 0.3) is 11.8 Å². The summed E-state index contributed by atoms with van der Waals surface area (Å²) in [6, 6.07) is 10.5. The molecule has 2 aromatic heterocycles. The average molecular weight is 378 g/mol. The number of amides is 2. The molecule has 0 unspecified atom stereocenters. The fourth-order valence-corrected chi connectivity index (χ4v) is 2.83. The number of aromatic nitrogens is 2. The molecule has 0 spiro atoms. The molecule has 0 fully saturated rings. The highest BCUT2D eigenvalue weighted by Crippen LogP contribution is 2.27. The second-order valence-corrected chi connectivity index (χ2v) is 6.85. The molecular weight excluding hydrogens is 356 g/mol. The third-order valence-corrected chi connectivity index (χ3v) is 4.29. The Kier molecular flexibility index (Phi) is 5.54. The molecule has 7 nitrogen and oxygen atoms in total. The van der Waals surface area contributed by atoms with Crippen LogP contribution in [0.15, 0.2) is 47.1 Å². The number of hydrogen-bond acceptors (Lipinski definition) is 5. The third-order valence-electron chi connectivity index (χ3n) is 4.29. The number of carbonyl (C=O) groups excluding carboxylic acids is 2. The first kappa shape index (κ1) is 19.3. The molecule has 3 rings (SSSR count). The lowest BCUT2D eigenvalue weighted by Crippen LogP contribution is -2.18. The quantitative estimate of drug-likeness (QED) is 0.689. The summed E-state index contributed by atoms with van der Waals surface area (Å²) < 4.78 is 4.93. The van der Waals surface area contributed by atoms with Crippen molar-refractivity contribution < 1.29 is 14.1 Å². The van der Waals surface area contributed by atoms with Crippen LogP contribution in [-0.2, 0) is 0 Å². The molecule has 0 bridgehead atoms. The Labute approximate surface area is 163 Å². The van der Waals surface area contributed by atoms with Crippen molar-refractivity contribution in [2.45, 2.75) is 33.6 Å². The van der Waals surface area contributed by atoms with Crippen LogP contribution in [0.4, 0.5) is 11.5 Å². The van der Waals surface area contributed by atoms with Gasteiger partial charge in [0.05, 0.1) is 0 Å². The fourth-order valence-electron chi connectivity index (χ4n) is 2.83. The number of hydrogen-bond donors (Lipinski definition) is 2. The second-order valence-electron chi connectivity index (χ2n) is 6.85. The van der Waals surface area contributed by atoms with E-state index in [0.29, 0.717) is 17.1 Å². The van der Waals surface area contributed by atoms with Gasteiger partial charge in [-0.05, 0) is 43.0 Å². The summed E-state index contributed by atoms with van der Waals surface area (Å²) in [5.41, 5.74) is 3.24. The van der Waals surface area contributed by atoms with Crippen LogP contribution in [0.3, 0.4) is 0 Å². The van der Waals surface area contributed by atoms with E-state index >= 15 is 0 Å². The molecule has 2 heterocycles. The maximum absolute atomic E-state index is 12.7. The Morgan fingerprint density at radius 3 is 2.50 bits per heavy atom. The molecule has 7 heteroatoms. The molecule has 0 saturated carbocycles. The Hall–Kier alpha value is -3.48. The van der Waals surface area contributed by atoms with Crippen molar-refractivity contribution >= 4 is 23.3 Å². The molecule has 0 radical (unpaired) electrons. The van der Waals surface area contributed by atoms with Crippen LogP contribution in [0.25, 0.3) is 0 Å². The van der Waals surface area contributed by atoms with Gasteiger partial charge in [0.15, 0.2) is 5.82 Å². The molecule has 2 amide bonds. The van der Waals surface area contributed by atoms with E-state index in [4.69, 9.17) is 4.52 Å². The van der Waals surface area contributed by atoms with E-state index in [1.54, 1.807) is 13.0 Å². The predicted molar refractivity (Wildman–Crippen MR) is 107 cm³/mol. The maximum atomic E-state index is 12.7. The highest BCUT2D eigenvalue weighted by Gasteiger charge is 2.16. The first-order valence-corrected chi connectivity index (χ1v) is 8.96. The van der Waals surface area contributed by atoms with Crippen molar-refractivity contribution in [2.24, 2.45) is 0 Å². The lowest BCUT2D eigenvalue weighted by molar-refractivity contribution is 0.102. The van der Waals surface area contributed by atoms with E-state index < -0.39 is 5.91 Å². The van der Waals surface area contributed by atoms with E-state index in [1.807, 2.05) is 25.1 Å². The Bertz CT molecular complexity index is 1020. The highest BCUT2D eigenvalue weighted by atomic mass is 16.5. The Morgan fingerprint density at radius 2 is 1.82 bits per heavy atom. The van der Waals surface area contributed by atoms with Gasteiger partial charge >= 0.3 is 0 Å². The number of anilines is 2. The highest BCUT2D eigenvalue weighted by molar-refractivity contribution is 6.08. The molecule has 0 aliphatic carbocycles. The lowest BCUT2D eigenvalue weighted by Gasteiger charge is -2.16. The van der Waals surface area contributed by atoms with E-state index in [0.717, 1.165) is 16.8 Å². The maximum Gasteiger partial charge on any atom is 0.274 e. The SMILES string of the molecule is Cc1cc(NC(=O)c2ccnc(C(=O)Nc3c(C)cccc3C(C)C)c2)no1. The van der Waals surface area contributed by atoms with E-state index in [2.05, 4.69) is 34.6 Å². The van der Waals surface area contributed by atoms with Crippen molar-refractivity contribution in [1.82, 2.24) is 10.1 Å². The zero-order valence-electron chi connectivity index (χ0n) is 16.2. The topological polar surface area (TPSA) is 97.1 Å². The zero-order valence-corrected chi connectivity index (χ0v) is 16.2. The van der Waals surface area contributed by atoms with E-state index in [1.165, 1.54) is 18.3 Å². The van der Waals surface area contributed by atoms with Crippen molar-refractivity contribution in [1.29, 1.82) is 0 Å². The molecule has 0 aliphatic heterocycles. The minimum absolute atomic E-state index is 0.155. The molecule has 0 aliphatic rings. The average Bonchev–Trinajstić information content (AvgIpc) is 3.07. The molecule has 0 saturated heterocycles. The Balaban J connectivity index is 1.80. The summed E-state index contributed by atoms with van der Waals surface area (Å²) in [5, 5.41) is 9.29. The van der Waals surface area contributed by atoms with Gasteiger partial charge in [-0.2, -0.15) is 0 Å². The number of carbonyl (C=O) groups is 2. The number of pyridine rings is 1. The summed E-state index contributed by atoms with van der Waals surface area (Å²) in [6.07, 6.45) is 1.43. The van der Waals surface area contributed by atoms with Crippen LogP contribution in [0.1, 0.15) is 57.5 Å². The summed E-state index contributed by atoms with van der Waals surface area (Å²) in [4.78, 5) is 29.3. The largest absolute Gasteiger partial charge is 0.360 e. The van der Waals surface area contributed by atoms with Gasteiger partial charge in [-0.3, -0.25) is 14.6 Å². The monoisotopic (exact) mass is 378 g/mol. The molecule has 28 heavy (non-hydrogen) atoms. The predicted octanol–water partition coefficient (Wildman–Crippen LogP) is 4.31. The molecule has 2 N–H and O–H groups in total. The molecule has 144 valence electrons. The summed E-state index contributed by atoms with van der Waals surface area (Å²) >= 11 is 0. The van der Waals surface area contributed by atoms with Crippen molar-refractivity contribution in [3.05, 3.63) is 70.7 Å². The normalized spacial score (nSPS) is 10.8. The standard InChI is InChI=1S/C21H22N4O3/c1-12(2)16-7-5-6-13(3)19(16)24-21(27)17-11-15(8-9-22-17)20(26)23-18-10-14(4)28-25-18/h5-12H,1-4H3,(H,24,27)(H,23,25,26). The fraction of sp³-hybridized carbons (Fsp3) is 0.238. The van der Waals surface area contributed by atoms with Gasteiger partial charge < -0.3 is 15.2 Å². The van der Waals surface area contributed by atoms with Gasteiger partial charge in [0.2, 0.25) is 0 Å². The van der Waals surface area contributed by atoms with Crippen LogP contribution in [0.5, 0.6) is 0 Å². The third kappa shape index (κ3) is 4.25. The molecule has 0 atom stereocenters. The zero-order chi connectivity index (χ0) is 20.3. The minimum atomic E-state index is -0.400. The number of rotatable bonds is 5. The van der Waals surface area contributed by atoms with Crippen LogP contribution >= 0.6 is 0 Å². The van der Waals surface area contributed by atoms with Gasteiger partial charge in [-0.25, -0.2) is 0 Å². The van der Waals surface area contributed by atoms with Crippen molar-refractivity contribution in [3.63, 3.8) is 0 Å². The second kappa shape index (κ2) is 8.04. The molecule has 1 aromatic carbocycles. The van der Waals surface area contributed by atoms with E-state index in [-0.39, 0.29) is 17.5 Å². The van der Waals surface area contributed by atoms with Crippen molar-refractivity contribution in [3.8, 4) is 0 Å². The smallest absolute Gasteiger partial charge is 0.274 e. The molecule has 3 aromatic rings. The van der Waals surface area contributed by atoms with Crippen molar-refractivity contribution in [2.75, 3.05) is 10.6 Å². The van der Waals surface area contributed by atoms with Gasteiger partial charge in [0, 0.05) is 23.5 Å². The van der Waals surface area contributed by atoms with Gasteiger partial charge in [-0.1, -0.05) is 37.2 Å². The van der Waals surface area contributed by atoms with Gasteiger partial charge in [0.1, 0.15) is 11.5 Å². The summed E-state index contributed by atoms with van der Waals surface area (Å²) in [7, 11) is 0. The van der Waals surface area contributed by atoms with E-state index in [9.17, 15) is 9.59 Å². The summed E-state index contributed by atoms with van der Waals surface area (Å²) in [6.45, 7) is 7.81. The van der Waals surface area contributed by atoms with Crippen LogP contribution < -0.4 is 10.6 Å².